The number of aryl methyl sites for hydroxylation is 1. The van der Waals surface area contributed by atoms with Crippen molar-refractivity contribution in [1.82, 2.24) is 14.5 Å². The van der Waals surface area contributed by atoms with Gasteiger partial charge in [0.25, 0.3) is 5.56 Å². The number of aromatic nitrogens is 3. The molecule has 168 valence electrons. The van der Waals surface area contributed by atoms with Crippen LogP contribution in [0, 0.1) is 11.7 Å². The topological polar surface area (TPSA) is 112 Å². The Hall–Kier alpha value is -3.98. The fourth-order valence-electron chi connectivity index (χ4n) is 3.67. The fourth-order valence-corrected chi connectivity index (χ4v) is 3.95. The van der Waals surface area contributed by atoms with Crippen molar-refractivity contribution >= 4 is 35.3 Å². The number of carbonyl (C=O) groups is 1. The molecule has 0 bridgehead atoms. The summed E-state index contributed by atoms with van der Waals surface area (Å²) in [5, 5.41) is 11.8. The third kappa shape index (κ3) is 4.49. The summed E-state index contributed by atoms with van der Waals surface area (Å²) >= 11 is 5.26. The van der Waals surface area contributed by atoms with Crippen LogP contribution in [0.4, 0.5) is 0 Å². The number of hydrogen-bond donors (Lipinski definition) is 3. The van der Waals surface area contributed by atoms with Crippen molar-refractivity contribution in [3.05, 3.63) is 86.5 Å². The number of esters is 1. The van der Waals surface area contributed by atoms with E-state index < -0.39 is 17.6 Å². The van der Waals surface area contributed by atoms with Crippen molar-refractivity contribution in [2.75, 3.05) is 7.11 Å². The number of aromatic hydroxyl groups is 1. The van der Waals surface area contributed by atoms with Gasteiger partial charge in [-0.1, -0.05) is 30.3 Å². The van der Waals surface area contributed by atoms with Crippen LogP contribution in [0.1, 0.15) is 16.7 Å². The average Bonchev–Trinajstić information content (AvgIpc) is 3.20. The molecule has 0 aliphatic heterocycles. The number of nitrogens with zero attached hydrogens (tertiary/aromatic N) is 2. The van der Waals surface area contributed by atoms with Crippen LogP contribution in [0.15, 0.2) is 64.5 Å². The summed E-state index contributed by atoms with van der Waals surface area (Å²) < 4.78 is 6.30. The smallest absolute Gasteiger partial charge is 0.330 e. The number of carbonyl (C=O) groups excluding carboxylic acids is 1. The molecule has 4 aromatic rings. The monoisotopic (exact) mass is 462 g/mol. The quantitative estimate of drug-likeness (QED) is 0.230. The third-order valence-corrected chi connectivity index (χ3v) is 5.61. The number of para-hydroxylation sites is 1. The third-order valence-electron chi connectivity index (χ3n) is 5.33. The van der Waals surface area contributed by atoms with Gasteiger partial charge in [0, 0.05) is 29.7 Å². The van der Waals surface area contributed by atoms with E-state index in [9.17, 15) is 14.7 Å². The molecule has 0 saturated carbocycles. The van der Waals surface area contributed by atoms with Crippen molar-refractivity contribution in [2.24, 2.45) is 4.99 Å². The molecule has 0 aliphatic carbocycles. The normalized spacial score (nSPS) is 12.3. The minimum Gasteiger partial charge on any atom is -0.494 e. The van der Waals surface area contributed by atoms with Crippen LogP contribution in [-0.2, 0) is 16.0 Å². The molecular weight excluding hydrogens is 440 g/mol. The largest absolute Gasteiger partial charge is 0.494 e. The first-order chi connectivity index (χ1) is 15.9. The SMILES string of the molecule is COC(=O)[C@@H](Cc1c[nH]c2ccccc12)N=Cc1c(O)n(-c2cccc(C)c2)c(=S)[nH]c1=O. The molecule has 1 atom stereocenters. The van der Waals surface area contributed by atoms with Crippen LogP contribution < -0.4 is 5.56 Å². The lowest BCUT2D eigenvalue weighted by Crippen LogP contribution is -2.24. The Morgan fingerprint density at radius 3 is 2.82 bits per heavy atom. The Morgan fingerprint density at radius 1 is 1.27 bits per heavy atom. The predicted octanol–water partition coefficient (Wildman–Crippen LogP) is 3.59. The highest BCUT2D eigenvalue weighted by atomic mass is 32.1. The second kappa shape index (κ2) is 9.25. The average molecular weight is 463 g/mol. The molecule has 0 amide bonds. The van der Waals surface area contributed by atoms with Crippen LogP contribution in [0.5, 0.6) is 5.88 Å². The molecule has 0 saturated heterocycles. The van der Waals surface area contributed by atoms with Crippen LogP contribution >= 0.6 is 12.2 Å². The predicted molar refractivity (Wildman–Crippen MR) is 129 cm³/mol. The van der Waals surface area contributed by atoms with Gasteiger partial charge in [0.05, 0.1) is 12.8 Å². The van der Waals surface area contributed by atoms with Gasteiger partial charge in [0.1, 0.15) is 5.56 Å². The van der Waals surface area contributed by atoms with Crippen molar-refractivity contribution in [3.8, 4) is 11.6 Å². The number of hydrogen-bond acceptors (Lipinski definition) is 6. The zero-order valence-corrected chi connectivity index (χ0v) is 18.8. The van der Waals surface area contributed by atoms with Gasteiger partial charge < -0.3 is 14.8 Å². The van der Waals surface area contributed by atoms with Gasteiger partial charge >= 0.3 is 5.97 Å². The van der Waals surface area contributed by atoms with E-state index in [2.05, 4.69) is 15.0 Å². The van der Waals surface area contributed by atoms with E-state index in [1.54, 1.807) is 6.07 Å². The molecule has 0 fully saturated rings. The highest BCUT2D eigenvalue weighted by Crippen LogP contribution is 2.22. The second-order valence-corrected chi connectivity index (χ2v) is 7.94. The maximum absolute atomic E-state index is 12.5. The summed E-state index contributed by atoms with van der Waals surface area (Å²) in [4.78, 5) is 35.0. The molecule has 3 N–H and O–H groups in total. The Bertz CT molecular complexity index is 1480. The summed E-state index contributed by atoms with van der Waals surface area (Å²) in [7, 11) is 1.28. The van der Waals surface area contributed by atoms with Crippen molar-refractivity contribution < 1.29 is 14.6 Å². The molecule has 0 aliphatic rings. The lowest BCUT2D eigenvalue weighted by atomic mass is 10.1. The molecular formula is C24H22N4O4S. The number of rotatable bonds is 6. The zero-order valence-electron chi connectivity index (χ0n) is 18.0. The number of H-pyrrole nitrogens is 2. The number of fused-ring (bicyclic) bond motifs is 1. The molecule has 2 heterocycles. The molecule has 2 aromatic carbocycles. The first kappa shape index (κ1) is 22.2. The number of aliphatic imine (C=N–C) groups is 1. The molecule has 4 rings (SSSR count). The van der Waals surface area contributed by atoms with E-state index in [-0.39, 0.29) is 22.6 Å². The summed E-state index contributed by atoms with van der Waals surface area (Å²) in [5.41, 5.74) is 2.65. The van der Waals surface area contributed by atoms with E-state index in [0.717, 1.165) is 22.0 Å². The van der Waals surface area contributed by atoms with Gasteiger partial charge in [-0.05, 0) is 48.5 Å². The van der Waals surface area contributed by atoms with Gasteiger partial charge in [-0.25, -0.2) is 4.79 Å². The molecule has 0 spiro atoms. The van der Waals surface area contributed by atoms with E-state index >= 15 is 0 Å². The Kier molecular flexibility index (Phi) is 6.23. The molecule has 33 heavy (non-hydrogen) atoms. The van der Waals surface area contributed by atoms with Crippen molar-refractivity contribution in [1.29, 1.82) is 0 Å². The summed E-state index contributed by atoms with van der Waals surface area (Å²) in [6, 6.07) is 14.1. The first-order valence-corrected chi connectivity index (χ1v) is 10.6. The standard InChI is InChI=1S/C24H22N4O4S/c1-14-6-5-7-16(10-14)28-22(30)18(21(29)27-24(28)33)13-26-20(23(31)32-2)11-15-12-25-19-9-4-3-8-17(15)19/h3-10,12-13,20,25,30H,11H2,1-2H3,(H,27,29,33)/t20-/m1/s1. The number of benzene rings is 2. The number of aromatic amines is 2. The van der Waals surface area contributed by atoms with Crippen molar-refractivity contribution in [2.45, 2.75) is 19.4 Å². The Labute approximate surface area is 194 Å². The van der Waals surface area contributed by atoms with Gasteiger partial charge in [0.15, 0.2) is 10.8 Å². The summed E-state index contributed by atoms with van der Waals surface area (Å²) in [5.74, 6) is -0.923. The highest BCUT2D eigenvalue weighted by molar-refractivity contribution is 7.71. The molecule has 8 nitrogen and oxygen atoms in total. The van der Waals surface area contributed by atoms with Crippen LogP contribution in [0.25, 0.3) is 16.6 Å². The van der Waals surface area contributed by atoms with Gasteiger partial charge in [0.2, 0.25) is 5.88 Å². The summed E-state index contributed by atoms with van der Waals surface area (Å²) in [6.07, 6.45) is 3.26. The molecule has 0 radical (unpaired) electrons. The number of methoxy groups -OCH3 is 1. The molecule has 2 aromatic heterocycles. The maximum Gasteiger partial charge on any atom is 0.330 e. The maximum atomic E-state index is 12.5. The van der Waals surface area contributed by atoms with Gasteiger partial charge in [-0.3, -0.25) is 19.3 Å². The minimum atomic E-state index is -0.913. The van der Waals surface area contributed by atoms with E-state index in [1.165, 1.54) is 17.9 Å². The first-order valence-electron chi connectivity index (χ1n) is 10.2. The lowest BCUT2D eigenvalue weighted by molar-refractivity contribution is -0.142. The van der Waals surface area contributed by atoms with E-state index in [4.69, 9.17) is 17.0 Å². The minimum absolute atomic E-state index is 0.0450. The van der Waals surface area contributed by atoms with Crippen LogP contribution in [0.2, 0.25) is 0 Å². The highest BCUT2D eigenvalue weighted by Gasteiger charge is 2.21. The van der Waals surface area contributed by atoms with Gasteiger partial charge in [-0.15, -0.1) is 0 Å². The molecule has 0 unspecified atom stereocenters. The Morgan fingerprint density at radius 2 is 2.06 bits per heavy atom. The Balaban J connectivity index is 1.73. The van der Waals surface area contributed by atoms with E-state index in [0.29, 0.717) is 5.69 Å². The van der Waals surface area contributed by atoms with Crippen LogP contribution in [-0.4, -0.2) is 45.0 Å². The van der Waals surface area contributed by atoms with Crippen molar-refractivity contribution in [3.63, 3.8) is 0 Å². The lowest BCUT2D eigenvalue weighted by Gasteiger charge is -2.13. The fraction of sp³-hybridized carbons (Fsp3) is 0.167. The number of ether oxygens (including phenoxy) is 1. The number of nitrogens with one attached hydrogen (secondary N) is 2. The van der Waals surface area contributed by atoms with Gasteiger partial charge in [-0.2, -0.15) is 0 Å². The summed E-state index contributed by atoms with van der Waals surface area (Å²) in [6.45, 7) is 1.91. The van der Waals surface area contributed by atoms with Crippen LogP contribution in [0.3, 0.4) is 0 Å². The second-order valence-electron chi connectivity index (χ2n) is 7.55. The zero-order chi connectivity index (χ0) is 23.5. The molecule has 9 heteroatoms. The van der Waals surface area contributed by atoms with E-state index in [1.807, 2.05) is 55.6 Å².